The molecule has 8 heteroatoms. The van der Waals surface area contributed by atoms with E-state index in [0.717, 1.165) is 11.0 Å². The van der Waals surface area contributed by atoms with E-state index in [1.807, 2.05) is 24.3 Å². The standard InChI is InChI=1S/C22H20ClFN5P/c1-13-19(23)22(27-11-14-5-4-8-25-10-14)21-17(28-13)9-16(24)20(29-21)15-6-7-18(26-12-15)30(2)3/h4-10,12H,11H2,1-3H3,(H,27,28). The van der Waals surface area contributed by atoms with Gasteiger partial charge in [0.05, 0.1) is 27.4 Å². The summed E-state index contributed by atoms with van der Waals surface area (Å²) in [6.07, 6.45) is 5.17. The van der Waals surface area contributed by atoms with Crippen LogP contribution in [0.4, 0.5) is 10.1 Å². The maximum atomic E-state index is 14.9. The Morgan fingerprint density at radius 3 is 2.63 bits per heavy atom. The normalized spacial score (nSPS) is 11.3. The number of nitrogens with zero attached hydrogens (tertiary/aromatic N) is 4. The molecule has 0 aliphatic rings. The largest absolute Gasteiger partial charge is 0.378 e. The molecule has 1 N–H and O–H groups in total. The Kier molecular flexibility index (Phi) is 5.89. The number of halogens is 2. The van der Waals surface area contributed by atoms with Crippen LogP contribution in [0.2, 0.25) is 5.02 Å². The summed E-state index contributed by atoms with van der Waals surface area (Å²) in [6.45, 7) is 6.55. The topological polar surface area (TPSA) is 63.6 Å². The van der Waals surface area contributed by atoms with Crippen LogP contribution in [-0.4, -0.2) is 33.3 Å². The van der Waals surface area contributed by atoms with Crippen molar-refractivity contribution in [1.82, 2.24) is 19.9 Å². The Hall–Kier alpha value is -2.69. The number of anilines is 1. The summed E-state index contributed by atoms with van der Waals surface area (Å²) in [5.41, 5.74) is 5.04. The maximum absolute atomic E-state index is 14.9. The lowest BCUT2D eigenvalue weighted by Gasteiger charge is -2.14. The highest BCUT2D eigenvalue weighted by Crippen LogP contribution is 2.34. The number of hydrogen-bond acceptors (Lipinski definition) is 5. The minimum Gasteiger partial charge on any atom is -0.378 e. The Morgan fingerprint density at radius 1 is 1.13 bits per heavy atom. The second-order valence-corrected chi connectivity index (χ2v) is 9.71. The summed E-state index contributed by atoms with van der Waals surface area (Å²) in [5, 5.41) is 3.79. The highest BCUT2D eigenvalue weighted by Gasteiger charge is 2.17. The van der Waals surface area contributed by atoms with Crippen LogP contribution in [0.3, 0.4) is 0 Å². The zero-order valence-electron chi connectivity index (χ0n) is 16.8. The number of rotatable bonds is 5. The smallest absolute Gasteiger partial charge is 0.151 e. The van der Waals surface area contributed by atoms with E-state index in [1.165, 1.54) is 6.07 Å². The molecule has 152 valence electrons. The molecule has 4 rings (SSSR count). The zero-order chi connectivity index (χ0) is 21.3. The molecule has 0 radical (unpaired) electrons. The highest BCUT2D eigenvalue weighted by molar-refractivity contribution is 7.63. The van der Waals surface area contributed by atoms with Gasteiger partial charge >= 0.3 is 0 Å². The first kappa shape index (κ1) is 20.6. The molecule has 0 aliphatic carbocycles. The van der Waals surface area contributed by atoms with Gasteiger partial charge in [-0.25, -0.2) is 14.4 Å². The van der Waals surface area contributed by atoms with Crippen molar-refractivity contribution in [2.75, 3.05) is 18.6 Å². The number of fused-ring (bicyclic) bond motifs is 1. The van der Waals surface area contributed by atoms with Gasteiger partial charge in [0, 0.05) is 36.8 Å². The van der Waals surface area contributed by atoms with Crippen LogP contribution in [0.15, 0.2) is 48.9 Å². The summed E-state index contributed by atoms with van der Waals surface area (Å²) in [4.78, 5) is 17.6. The molecule has 0 bridgehead atoms. The summed E-state index contributed by atoms with van der Waals surface area (Å²) < 4.78 is 14.9. The van der Waals surface area contributed by atoms with Crippen LogP contribution in [0.1, 0.15) is 11.3 Å². The first-order chi connectivity index (χ1) is 14.4. The molecule has 0 amide bonds. The SMILES string of the molecule is Cc1nc2cc(F)c(-c3ccc(P(C)C)nc3)nc2c(NCc2cccnc2)c1Cl. The van der Waals surface area contributed by atoms with Gasteiger partial charge in [-0.3, -0.25) is 9.97 Å². The van der Waals surface area contributed by atoms with E-state index in [1.54, 1.807) is 25.5 Å². The van der Waals surface area contributed by atoms with Crippen LogP contribution in [0, 0.1) is 12.7 Å². The zero-order valence-corrected chi connectivity index (χ0v) is 18.5. The average molecular weight is 440 g/mol. The second-order valence-electron chi connectivity index (χ2n) is 7.09. The van der Waals surface area contributed by atoms with E-state index in [9.17, 15) is 4.39 Å². The van der Waals surface area contributed by atoms with E-state index in [4.69, 9.17) is 11.6 Å². The average Bonchev–Trinajstić information content (AvgIpc) is 2.75. The van der Waals surface area contributed by atoms with E-state index in [2.05, 4.69) is 38.6 Å². The molecule has 0 saturated heterocycles. The molecule has 4 heterocycles. The third-order valence-corrected chi connectivity index (χ3v) is 6.33. The number of aryl methyl sites for hydroxylation is 1. The highest BCUT2D eigenvalue weighted by atomic mass is 35.5. The van der Waals surface area contributed by atoms with E-state index >= 15 is 0 Å². The number of pyridine rings is 4. The molecule has 4 aromatic heterocycles. The first-order valence-electron chi connectivity index (χ1n) is 9.37. The van der Waals surface area contributed by atoms with Crippen molar-refractivity contribution < 1.29 is 4.39 Å². The Bertz CT molecular complexity index is 1200. The molecule has 0 fully saturated rings. The maximum Gasteiger partial charge on any atom is 0.151 e. The van der Waals surface area contributed by atoms with Crippen molar-refractivity contribution in [3.8, 4) is 11.3 Å². The lowest BCUT2D eigenvalue weighted by molar-refractivity contribution is 0.628. The molecule has 0 aliphatic heterocycles. The monoisotopic (exact) mass is 439 g/mol. The predicted molar refractivity (Wildman–Crippen MR) is 122 cm³/mol. The number of nitrogens with one attached hydrogen (secondary N) is 1. The molecule has 4 aromatic rings. The van der Waals surface area contributed by atoms with Gasteiger partial charge in [0.25, 0.3) is 0 Å². The van der Waals surface area contributed by atoms with Gasteiger partial charge in [0.15, 0.2) is 5.82 Å². The summed E-state index contributed by atoms with van der Waals surface area (Å²) in [5.74, 6) is -0.445. The quantitative estimate of drug-likeness (QED) is 0.435. The van der Waals surface area contributed by atoms with Crippen LogP contribution in [0.5, 0.6) is 0 Å². The third kappa shape index (κ3) is 4.11. The minimum absolute atomic E-state index is 0.226. The minimum atomic E-state index is -0.445. The molecule has 0 unspecified atom stereocenters. The van der Waals surface area contributed by atoms with Crippen LogP contribution in [0.25, 0.3) is 22.3 Å². The van der Waals surface area contributed by atoms with Crippen LogP contribution in [-0.2, 0) is 6.54 Å². The fourth-order valence-corrected chi connectivity index (χ4v) is 3.97. The van der Waals surface area contributed by atoms with Gasteiger partial charge < -0.3 is 5.32 Å². The van der Waals surface area contributed by atoms with Gasteiger partial charge in [0.2, 0.25) is 0 Å². The van der Waals surface area contributed by atoms with Crippen molar-refractivity contribution in [2.45, 2.75) is 13.5 Å². The van der Waals surface area contributed by atoms with Gasteiger partial charge in [-0.05, 0) is 44.0 Å². The Morgan fingerprint density at radius 2 is 1.97 bits per heavy atom. The Balaban J connectivity index is 1.80. The summed E-state index contributed by atoms with van der Waals surface area (Å²) >= 11 is 6.55. The lowest BCUT2D eigenvalue weighted by atomic mass is 10.1. The van der Waals surface area contributed by atoms with E-state index < -0.39 is 5.82 Å². The molecule has 30 heavy (non-hydrogen) atoms. The fourth-order valence-electron chi connectivity index (χ4n) is 3.11. The van der Waals surface area contributed by atoms with Gasteiger partial charge in [-0.15, -0.1) is 0 Å². The lowest BCUT2D eigenvalue weighted by Crippen LogP contribution is -2.06. The number of aromatic nitrogens is 4. The predicted octanol–water partition coefficient (Wildman–Crippen LogP) is 5.17. The van der Waals surface area contributed by atoms with Crippen molar-refractivity contribution >= 4 is 41.7 Å². The van der Waals surface area contributed by atoms with E-state index in [-0.39, 0.29) is 13.6 Å². The molecular formula is C22H20ClFN5P. The Labute approximate surface area is 180 Å². The van der Waals surface area contributed by atoms with Crippen molar-refractivity contribution in [3.63, 3.8) is 0 Å². The van der Waals surface area contributed by atoms with Crippen LogP contribution < -0.4 is 10.8 Å². The molecule has 0 spiro atoms. The molecule has 0 atom stereocenters. The van der Waals surface area contributed by atoms with E-state index in [0.29, 0.717) is 39.5 Å². The first-order valence-corrected chi connectivity index (χ1v) is 12.0. The van der Waals surface area contributed by atoms with Crippen molar-refractivity contribution in [2.24, 2.45) is 0 Å². The van der Waals surface area contributed by atoms with Crippen molar-refractivity contribution in [1.29, 1.82) is 0 Å². The second kappa shape index (κ2) is 8.58. The third-order valence-electron chi connectivity index (χ3n) is 4.69. The summed E-state index contributed by atoms with van der Waals surface area (Å²) in [7, 11) is -0.321. The molecule has 0 saturated carbocycles. The number of hydrogen-bond donors (Lipinski definition) is 1. The summed E-state index contributed by atoms with van der Waals surface area (Å²) in [6, 6.07) is 9.01. The molecular weight excluding hydrogens is 420 g/mol. The van der Waals surface area contributed by atoms with Gasteiger partial charge in [-0.1, -0.05) is 25.6 Å². The fraction of sp³-hybridized carbons (Fsp3) is 0.182. The van der Waals surface area contributed by atoms with Crippen molar-refractivity contribution in [3.05, 3.63) is 71.0 Å². The van der Waals surface area contributed by atoms with Gasteiger partial charge in [0.1, 0.15) is 11.2 Å². The molecule has 0 aromatic carbocycles. The molecule has 5 nitrogen and oxygen atoms in total. The van der Waals surface area contributed by atoms with Crippen LogP contribution >= 0.6 is 19.5 Å². The van der Waals surface area contributed by atoms with Gasteiger partial charge in [-0.2, -0.15) is 0 Å².